The van der Waals surface area contributed by atoms with E-state index in [2.05, 4.69) is 5.32 Å². The average molecular weight is 283 g/mol. The van der Waals surface area contributed by atoms with Gasteiger partial charge in [-0.15, -0.1) is 0 Å². The maximum Gasteiger partial charge on any atom is 0.242 e. The Kier molecular flexibility index (Phi) is 5.83. The van der Waals surface area contributed by atoms with Crippen molar-refractivity contribution in [3.63, 3.8) is 0 Å². The molecule has 1 N–H and O–H groups in total. The number of halogens is 1. The molecule has 104 valence electrons. The van der Waals surface area contributed by atoms with Crippen molar-refractivity contribution in [1.29, 1.82) is 0 Å². The van der Waals surface area contributed by atoms with Crippen LogP contribution < -0.4 is 5.32 Å². The van der Waals surface area contributed by atoms with Gasteiger partial charge in [-0.3, -0.25) is 9.59 Å². The van der Waals surface area contributed by atoms with Gasteiger partial charge in [-0.25, -0.2) is 0 Å². The zero-order chi connectivity index (χ0) is 14.4. The molecule has 0 aliphatic heterocycles. The summed E-state index contributed by atoms with van der Waals surface area (Å²) in [6, 6.07) is 6.77. The number of nitrogens with zero attached hydrogens (tertiary/aromatic N) is 1. The third-order valence-electron chi connectivity index (χ3n) is 2.98. The Morgan fingerprint density at radius 1 is 1.32 bits per heavy atom. The van der Waals surface area contributed by atoms with Crippen LogP contribution in [-0.2, 0) is 16.1 Å². The SMILES string of the molecule is CCC(=O)N(Cc1ccc(Cl)cc1)C(C)C(=O)NC. The van der Waals surface area contributed by atoms with Gasteiger partial charge in [0, 0.05) is 25.0 Å². The van der Waals surface area contributed by atoms with Crippen molar-refractivity contribution in [2.45, 2.75) is 32.9 Å². The van der Waals surface area contributed by atoms with Gasteiger partial charge in [0.1, 0.15) is 6.04 Å². The molecule has 4 nitrogen and oxygen atoms in total. The Bertz CT molecular complexity index is 445. The highest BCUT2D eigenvalue weighted by Gasteiger charge is 2.24. The van der Waals surface area contributed by atoms with Crippen LogP contribution in [-0.4, -0.2) is 29.8 Å². The highest BCUT2D eigenvalue weighted by molar-refractivity contribution is 6.30. The normalized spacial score (nSPS) is 11.8. The number of nitrogens with one attached hydrogen (secondary N) is 1. The Labute approximate surface area is 118 Å². The van der Waals surface area contributed by atoms with E-state index in [0.717, 1.165) is 5.56 Å². The number of likely N-dealkylation sites (N-methyl/N-ethyl adjacent to an activating group) is 1. The third-order valence-corrected chi connectivity index (χ3v) is 3.23. The second kappa shape index (κ2) is 7.14. The molecule has 0 saturated heterocycles. The molecule has 0 spiro atoms. The lowest BCUT2D eigenvalue weighted by atomic mass is 10.1. The fraction of sp³-hybridized carbons (Fsp3) is 0.429. The fourth-order valence-electron chi connectivity index (χ4n) is 1.78. The molecule has 0 fully saturated rings. The number of carbonyl (C=O) groups excluding carboxylic acids is 2. The first-order valence-electron chi connectivity index (χ1n) is 6.25. The van der Waals surface area contributed by atoms with Crippen LogP contribution in [0.25, 0.3) is 0 Å². The van der Waals surface area contributed by atoms with Gasteiger partial charge in [-0.2, -0.15) is 0 Å². The lowest BCUT2D eigenvalue weighted by molar-refractivity contribution is -0.140. The zero-order valence-electron chi connectivity index (χ0n) is 11.4. The monoisotopic (exact) mass is 282 g/mol. The maximum atomic E-state index is 12.0. The van der Waals surface area contributed by atoms with Crippen LogP contribution in [0, 0.1) is 0 Å². The van der Waals surface area contributed by atoms with Gasteiger partial charge in [0.25, 0.3) is 0 Å². The van der Waals surface area contributed by atoms with Gasteiger partial charge in [0.2, 0.25) is 11.8 Å². The van der Waals surface area contributed by atoms with E-state index in [0.29, 0.717) is 18.0 Å². The largest absolute Gasteiger partial charge is 0.357 e. The molecule has 19 heavy (non-hydrogen) atoms. The van der Waals surface area contributed by atoms with Gasteiger partial charge in [0.15, 0.2) is 0 Å². The summed E-state index contributed by atoms with van der Waals surface area (Å²) in [5.41, 5.74) is 0.946. The number of hydrogen-bond acceptors (Lipinski definition) is 2. The smallest absolute Gasteiger partial charge is 0.242 e. The maximum absolute atomic E-state index is 12.0. The van der Waals surface area contributed by atoms with E-state index in [1.165, 1.54) is 0 Å². The van der Waals surface area contributed by atoms with Crippen LogP contribution in [0.1, 0.15) is 25.8 Å². The predicted molar refractivity (Wildman–Crippen MR) is 75.8 cm³/mol. The molecule has 0 aliphatic rings. The topological polar surface area (TPSA) is 49.4 Å². The third kappa shape index (κ3) is 4.24. The first kappa shape index (κ1) is 15.5. The van der Waals surface area contributed by atoms with E-state index in [1.54, 1.807) is 37.9 Å². The Morgan fingerprint density at radius 3 is 2.37 bits per heavy atom. The fourth-order valence-corrected chi connectivity index (χ4v) is 1.91. The lowest BCUT2D eigenvalue weighted by Gasteiger charge is -2.28. The van der Waals surface area contributed by atoms with Crippen LogP contribution in [0.15, 0.2) is 24.3 Å². The predicted octanol–water partition coefficient (Wildman–Crippen LogP) is 2.21. The summed E-state index contributed by atoms with van der Waals surface area (Å²) in [6.45, 7) is 3.91. The van der Waals surface area contributed by atoms with Crippen molar-refractivity contribution in [1.82, 2.24) is 10.2 Å². The summed E-state index contributed by atoms with van der Waals surface area (Å²) in [4.78, 5) is 25.2. The van der Waals surface area contributed by atoms with Crippen LogP contribution in [0.4, 0.5) is 0 Å². The first-order chi connectivity index (χ1) is 8.99. The minimum Gasteiger partial charge on any atom is -0.357 e. The molecule has 0 aromatic heterocycles. The van der Waals surface area contributed by atoms with Gasteiger partial charge >= 0.3 is 0 Å². The molecule has 0 heterocycles. The zero-order valence-corrected chi connectivity index (χ0v) is 12.2. The minimum atomic E-state index is -0.492. The summed E-state index contributed by atoms with van der Waals surface area (Å²) in [7, 11) is 1.57. The molecule has 0 saturated carbocycles. The Hall–Kier alpha value is -1.55. The van der Waals surface area contributed by atoms with Crippen molar-refractivity contribution in [3.05, 3.63) is 34.9 Å². The van der Waals surface area contributed by atoms with Crippen LogP contribution in [0.3, 0.4) is 0 Å². The van der Waals surface area contributed by atoms with E-state index in [1.807, 2.05) is 12.1 Å². The van der Waals surface area contributed by atoms with Crippen molar-refractivity contribution in [2.75, 3.05) is 7.05 Å². The molecule has 1 aromatic carbocycles. The quantitative estimate of drug-likeness (QED) is 0.900. The number of amides is 2. The Morgan fingerprint density at radius 2 is 1.89 bits per heavy atom. The van der Waals surface area contributed by atoms with Gasteiger partial charge in [-0.05, 0) is 24.6 Å². The molecule has 0 bridgehead atoms. The number of benzene rings is 1. The van der Waals surface area contributed by atoms with Crippen LogP contribution in [0.2, 0.25) is 5.02 Å². The minimum absolute atomic E-state index is 0.0500. The summed E-state index contributed by atoms with van der Waals surface area (Å²) < 4.78 is 0. The first-order valence-corrected chi connectivity index (χ1v) is 6.62. The second-order valence-corrected chi connectivity index (χ2v) is 4.73. The Balaban J connectivity index is 2.89. The number of rotatable bonds is 5. The molecule has 5 heteroatoms. The van der Waals surface area contributed by atoms with E-state index < -0.39 is 6.04 Å². The van der Waals surface area contributed by atoms with Crippen molar-refractivity contribution < 1.29 is 9.59 Å². The summed E-state index contributed by atoms with van der Waals surface area (Å²) in [5.74, 6) is -0.221. The number of carbonyl (C=O) groups is 2. The number of hydrogen-bond donors (Lipinski definition) is 1. The van der Waals surface area contributed by atoms with E-state index in [4.69, 9.17) is 11.6 Å². The average Bonchev–Trinajstić information content (AvgIpc) is 2.44. The summed E-state index contributed by atoms with van der Waals surface area (Å²) >= 11 is 5.83. The molecule has 1 unspecified atom stereocenters. The highest BCUT2D eigenvalue weighted by Crippen LogP contribution is 2.14. The van der Waals surface area contributed by atoms with Crippen molar-refractivity contribution in [3.8, 4) is 0 Å². The van der Waals surface area contributed by atoms with Crippen molar-refractivity contribution >= 4 is 23.4 Å². The summed E-state index contributed by atoms with van der Waals surface area (Å²) in [6.07, 6.45) is 0.370. The molecular formula is C14H19ClN2O2. The molecular weight excluding hydrogens is 264 g/mol. The van der Waals surface area contributed by atoms with Crippen LogP contribution >= 0.6 is 11.6 Å². The van der Waals surface area contributed by atoms with Gasteiger partial charge in [0.05, 0.1) is 0 Å². The molecule has 2 amide bonds. The standard InChI is InChI=1S/C14H19ClN2O2/c1-4-13(18)17(10(2)14(19)16-3)9-11-5-7-12(15)8-6-11/h5-8,10H,4,9H2,1-3H3,(H,16,19). The van der Waals surface area contributed by atoms with Gasteiger partial charge < -0.3 is 10.2 Å². The molecule has 1 aromatic rings. The van der Waals surface area contributed by atoms with Crippen LogP contribution in [0.5, 0.6) is 0 Å². The second-order valence-electron chi connectivity index (χ2n) is 4.29. The lowest BCUT2D eigenvalue weighted by Crippen LogP contribution is -2.46. The molecule has 0 radical (unpaired) electrons. The summed E-state index contributed by atoms with van der Waals surface area (Å²) in [5, 5.41) is 3.21. The molecule has 0 aliphatic carbocycles. The highest BCUT2D eigenvalue weighted by atomic mass is 35.5. The van der Waals surface area contributed by atoms with E-state index in [-0.39, 0.29) is 11.8 Å². The van der Waals surface area contributed by atoms with E-state index >= 15 is 0 Å². The molecule has 1 atom stereocenters. The van der Waals surface area contributed by atoms with Gasteiger partial charge in [-0.1, -0.05) is 30.7 Å². The van der Waals surface area contributed by atoms with E-state index in [9.17, 15) is 9.59 Å². The molecule has 1 rings (SSSR count). The van der Waals surface area contributed by atoms with Crippen molar-refractivity contribution in [2.24, 2.45) is 0 Å².